The van der Waals surface area contributed by atoms with Gasteiger partial charge in [0.2, 0.25) is 0 Å². The first-order chi connectivity index (χ1) is 11.5. The molecule has 0 bridgehead atoms. The van der Waals surface area contributed by atoms with E-state index in [9.17, 15) is 14.0 Å². The maximum Gasteiger partial charge on any atom is 0.341 e. The van der Waals surface area contributed by atoms with Crippen molar-refractivity contribution in [2.75, 3.05) is 13.7 Å². The molecule has 2 aromatic carbocycles. The van der Waals surface area contributed by atoms with Crippen LogP contribution in [-0.4, -0.2) is 25.6 Å². The summed E-state index contributed by atoms with van der Waals surface area (Å²) in [5.74, 6) is -1.85. The van der Waals surface area contributed by atoms with Crippen LogP contribution in [0.2, 0.25) is 0 Å². The Labute approximate surface area is 139 Å². The largest absolute Gasteiger partial charge is 0.497 e. The molecule has 2 aromatic rings. The van der Waals surface area contributed by atoms with Crippen LogP contribution in [0.25, 0.3) is 0 Å². The van der Waals surface area contributed by atoms with E-state index in [0.29, 0.717) is 5.75 Å². The van der Waals surface area contributed by atoms with E-state index in [4.69, 9.17) is 9.47 Å². The minimum absolute atomic E-state index is 0.227. The third-order valence-electron chi connectivity index (χ3n) is 3.41. The van der Waals surface area contributed by atoms with Crippen LogP contribution in [0.5, 0.6) is 5.75 Å². The van der Waals surface area contributed by atoms with Crippen molar-refractivity contribution in [1.29, 1.82) is 0 Å². The molecule has 0 aromatic heterocycles. The summed E-state index contributed by atoms with van der Waals surface area (Å²) in [5.41, 5.74) is 0.679. The highest BCUT2D eigenvalue weighted by Gasteiger charge is 2.16. The highest BCUT2D eigenvalue weighted by molar-refractivity contribution is 5.91. The lowest BCUT2D eigenvalue weighted by atomic mass is 10.1. The number of nitrogens with one attached hydrogen (secondary N) is 1. The van der Waals surface area contributed by atoms with Crippen molar-refractivity contribution in [3.8, 4) is 5.75 Å². The third-order valence-corrected chi connectivity index (χ3v) is 3.41. The minimum Gasteiger partial charge on any atom is -0.497 e. The number of esters is 1. The Morgan fingerprint density at radius 1 is 1.17 bits per heavy atom. The zero-order valence-electron chi connectivity index (χ0n) is 13.4. The van der Waals surface area contributed by atoms with Crippen LogP contribution in [0.3, 0.4) is 0 Å². The van der Waals surface area contributed by atoms with Crippen molar-refractivity contribution in [2.24, 2.45) is 0 Å². The number of hydrogen-bond acceptors (Lipinski definition) is 4. The predicted octanol–water partition coefficient (Wildman–Crippen LogP) is 2.87. The van der Waals surface area contributed by atoms with Gasteiger partial charge < -0.3 is 14.8 Å². The summed E-state index contributed by atoms with van der Waals surface area (Å²) in [7, 11) is 1.39. The van der Waals surface area contributed by atoms with Gasteiger partial charge >= 0.3 is 5.97 Å². The Balaban J connectivity index is 1.88. The van der Waals surface area contributed by atoms with Gasteiger partial charge in [0.05, 0.1) is 18.7 Å². The van der Waals surface area contributed by atoms with E-state index in [2.05, 4.69) is 5.32 Å². The fourth-order valence-corrected chi connectivity index (χ4v) is 2.11. The van der Waals surface area contributed by atoms with E-state index in [1.807, 2.05) is 37.3 Å². The summed E-state index contributed by atoms with van der Waals surface area (Å²) < 4.78 is 23.5. The van der Waals surface area contributed by atoms with Crippen molar-refractivity contribution >= 4 is 11.9 Å². The second kappa shape index (κ2) is 8.10. The molecular formula is C18H18FNO4. The van der Waals surface area contributed by atoms with Crippen molar-refractivity contribution in [1.82, 2.24) is 5.32 Å². The molecule has 1 N–H and O–H groups in total. The van der Waals surface area contributed by atoms with Crippen LogP contribution in [0.4, 0.5) is 4.39 Å². The highest BCUT2D eigenvalue weighted by atomic mass is 19.1. The molecule has 24 heavy (non-hydrogen) atoms. The number of carbonyl (C=O) groups is 2. The Morgan fingerprint density at radius 3 is 2.50 bits per heavy atom. The molecule has 0 spiro atoms. The lowest BCUT2D eigenvalue weighted by Gasteiger charge is -2.14. The zero-order chi connectivity index (χ0) is 17.5. The molecule has 1 amide bonds. The summed E-state index contributed by atoms with van der Waals surface area (Å²) >= 11 is 0. The summed E-state index contributed by atoms with van der Waals surface area (Å²) in [5, 5.41) is 2.71. The van der Waals surface area contributed by atoms with Gasteiger partial charge in [-0.25, -0.2) is 9.18 Å². The number of hydrogen-bond donors (Lipinski definition) is 1. The fourth-order valence-electron chi connectivity index (χ4n) is 2.11. The van der Waals surface area contributed by atoms with Gasteiger partial charge in [0.15, 0.2) is 6.61 Å². The molecule has 0 fully saturated rings. The van der Waals surface area contributed by atoms with Gasteiger partial charge in [0.25, 0.3) is 5.91 Å². The summed E-state index contributed by atoms with van der Waals surface area (Å²) in [6.07, 6.45) is 0. The predicted molar refractivity (Wildman–Crippen MR) is 86.2 cm³/mol. The number of benzene rings is 2. The van der Waals surface area contributed by atoms with E-state index in [0.717, 1.165) is 11.6 Å². The van der Waals surface area contributed by atoms with Crippen molar-refractivity contribution in [2.45, 2.75) is 13.0 Å². The fraction of sp³-hybridized carbons (Fsp3) is 0.222. The Morgan fingerprint density at radius 2 is 1.88 bits per heavy atom. The van der Waals surface area contributed by atoms with Gasteiger partial charge in [-0.2, -0.15) is 0 Å². The van der Waals surface area contributed by atoms with Gasteiger partial charge in [0, 0.05) is 6.07 Å². The molecule has 0 aliphatic carbocycles. The topological polar surface area (TPSA) is 64.6 Å². The first-order valence-electron chi connectivity index (χ1n) is 7.36. The van der Waals surface area contributed by atoms with Gasteiger partial charge in [-0.15, -0.1) is 0 Å². The summed E-state index contributed by atoms with van der Waals surface area (Å²) in [4.78, 5) is 23.7. The van der Waals surface area contributed by atoms with E-state index < -0.39 is 24.3 Å². The number of amides is 1. The van der Waals surface area contributed by atoms with Crippen molar-refractivity contribution < 1.29 is 23.5 Å². The molecule has 1 atom stereocenters. The standard InChI is InChI=1S/C18H18FNO4/c1-12(13-6-4-3-5-7-13)20-17(21)11-24-18(22)15-9-8-14(23-2)10-16(15)19/h3-10,12H,11H2,1-2H3,(H,20,21)/t12-/m1/s1. The number of ether oxygens (including phenoxy) is 2. The van der Waals surface area contributed by atoms with Crippen LogP contribution in [0, 0.1) is 5.82 Å². The molecule has 0 heterocycles. The smallest absolute Gasteiger partial charge is 0.341 e. The molecule has 126 valence electrons. The first-order valence-corrected chi connectivity index (χ1v) is 7.36. The molecular weight excluding hydrogens is 313 g/mol. The van der Waals surface area contributed by atoms with Crippen molar-refractivity contribution in [3.05, 3.63) is 65.5 Å². The number of methoxy groups -OCH3 is 1. The average Bonchev–Trinajstić information content (AvgIpc) is 2.60. The second-order valence-electron chi connectivity index (χ2n) is 5.12. The Kier molecular flexibility index (Phi) is 5.89. The number of carbonyl (C=O) groups excluding carboxylic acids is 2. The lowest BCUT2D eigenvalue weighted by molar-refractivity contribution is -0.124. The average molecular weight is 331 g/mol. The first kappa shape index (κ1) is 17.5. The maximum atomic E-state index is 13.8. The summed E-state index contributed by atoms with van der Waals surface area (Å²) in [6, 6.07) is 12.9. The molecule has 6 heteroatoms. The van der Waals surface area contributed by atoms with Crippen LogP contribution in [0.1, 0.15) is 28.9 Å². The highest BCUT2D eigenvalue weighted by Crippen LogP contribution is 2.17. The molecule has 0 unspecified atom stereocenters. The van der Waals surface area contributed by atoms with Gasteiger partial charge in [-0.1, -0.05) is 30.3 Å². The molecule has 5 nitrogen and oxygen atoms in total. The quantitative estimate of drug-likeness (QED) is 0.827. The van der Waals surface area contributed by atoms with Crippen LogP contribution in [0.15, 0.2) is 48.5 Å². The maximum absolute atomic E-state index is 13.8. The van der Waals surface area contributed by atoms with Crippen LogP contribution in [-0.2, 0) is 9.53 Å². The number of rotatable bonds is 6. The lowest BCUT2D eigenvalue weighted by Crippen LogP contribution is -2.31. The minimum atomic E-state index is -0.905. The molecule has 0 saturated carbocycles. The molecule has 0 radical (unpaired) electrons. The van der Waals surface area contributed by atoms with Crippen molar-refractivity contribution in [3.63, 3.8) is 0 Å². The molecule has 0 saturated heterocycles. The van der Waals surface area contributed by atoms with Gasteiger partial charge in [-0.05, 0) is 24.6 Å². The number of halogens is 1. The zero-order valence-corrected chi connectivity index (χ0v) is 13.4. The van der Waals surface area contributed by atoms with E-state index >= 15 is 0 Å². The third kappa shape index (κ3) is 4.55. The van der Waals surface area contributed by atoms with E-state index in [1.165, 1.54) is 19.2 Å². The van der Waals surface area contributed by atoms with E-state index in [1.54, 1.807) is 0 Å². The van der Waals surface area contributed by atoms with Gasteiger partial charge in [0.1, 0.15) is 11.6 Å². The van der Waals surface area contributed by atoms with E-state index in [-0.39, 0.29) is 11.6 Å². The molecule has 0 aliphatic rings. The SMILES string of the molecule is COc1ccc(C(=O)OCC(=O)N[C@H](C)c2ccccc2)c(F)c1. The molecule has 2 rings (SSSR count). The monoisotopic (exact) mass is 331 g/mol. The Bertz CT molecular complexity index is 718. The molecule has 0 aliphatic heterocycles. The van der Waals surface area contributed by atoms with Crippen LogP contribution < -0.4 is 10.1 Å². The second-order valence-corrected chi connectivity index (χ2v) is 5.12. The normalized spacial score (nSPS) is 11.5. The summed E-state index contributed by atoms with van der Waals surface area (Å²) in [6.45, 7) is 1.33. The Hall–Kier alpha value is -2.89. The van der Waals surface area contributed by atoms with Gasteiger partial charge in [-0.3, -0.25) is 4.79 Å². The van der Waals surface area contributed by atoms with Crippen LogP contribution >= 0.6 is 0 Å².